The highest BCUT2D eigenvalue weighted by atomic mass is 32.1. The van der Waals surface area contributed by atoms with Crippen molar-refractivity contribution < 1.29 is 4.79 Å². The van der Waals surface area contributed by atoms with Crippen molar-refractivity contribution in [2.24, 2.45) is 0 Å². The van der Waals surface area contributed by atoms with Crippen molar-refractivity contribution in [3.05, 3.63) is 10.4 Å². The van der Waals surface area contributed by atoms with Crippen LogP contribution in [-0.2, 0) is 0 Å². The maximum atomic E-state index is 11.6. The molecule has 0 radical (unpaired) electrons. The molecule has 0 saturated carbocycles. The molecule has 0 bridgehead atoms. The Labute approximate surface area is 99.1 Å². The number of rotatable bonds is 5. The molecule has 0 fully saturated rings. The van der Waals surface area contributed by atoms with Crippen LogP contribution in [0.4, 0.5) is 10.7 Å². The van der Waals surface area contributed by atoms with Gasteiger partial charge in [0.15, 0.2) is 5.78 Å². The second kappa shape index (κ2) is 5.52. The minimum atomic E-state index is -0.0106. The maximum Gasteiger partial charge on any atom is 0.174 e. The van der Waals surface area contributed by atoms with Crippen molar-refractivity contribution in [3.8, 4) is 6.07 Å². The summed E-state index contributed by atoms with van der Waals surface area (Å²) in [4.78, 5) is 12.1. The number of Topliss-reactive ketones (excluding diaryl/α,β-unsaturated/α-hetero) is 1. The number of hydrogen-bond acceptors (Lipinski definition) is 5. The normalized spacial score (nSPS) is 9.81. The third-order valence-corrected chi connectivity index (χ3v) is 3.37. The molecular weight excluding hydrogens is 222 g/mol. The molecule has 86 valence electrons. The van der Waals surface area contributed by atoms with Crippen LogP contribution >= 0.6 is 11.3 Å². The Morgan fingerprint density at radius 2 is 2.25 bits per heavy atom. The van der Waals surface area contributed by atoms with Gasteiger partial charge in [-0.05, 0) is 6.42 Å². The van der Waals surface area contributed by atoms with E-state index < -0.39 is 0 Å². The van der Waals surface area contributed by atoms with Crippen LogP contribution in [0.1, 0.15) is 41.9 Å². The number of carbonyl (C=O) groups excluding carboxylic acids is 1. The van der Waals surface area contributed by atoms with Gasteiger partial charge in [-0.25, -0.2) is 0 Å². The van der Waals surface area contributed by atoms with E-state index in [9.17, 15) is 4.79 Å². The van der Waals surface area contributed by atoms with Gasteiger partial charge in [0, 0.05) is 13.0 Å². The van der Waals surface area contributed by atoms with Crippen LogP contribution in [0.2, 0.25) is 0 Å². The van der Waals surface area contributed by atoms with E-state index in [1.807, 2.05) is 13.0 Å². The molecule has 16 heavy (non-hydrogen) atoms. The third-order valence-electron chi connectivity index (χ3n) is 2.17. The monoisotopic (exact) mass is 237 g/mol. The average Bonchev–Trinajstić information content (AvgIpc) is 2.62. The molecule has 1 aromatic rings. The van der Waals surface area contributed by atoms with Gasteiger partial charge in [0.05, 0.1) is 10.6 Å². The molecule has 5 heteroatoms. The highest BCUT2D eigenvalue weighted by Crippen LogP contribution is 2.35. The number of carbonyl (C=O) groups is 1. The fourth-order valence-corrected chi connectivity index (χ4v) is 2.39. The largest absolute Gasteiger partial charge is 0.396 e. The summed E-state index contributed by atoms with van der Waals surface area (Å²) >= 11 is 1.28. The van der Waals surface area contributed by atoms with Gasteiger partial charge >= 0.3 is 0 Å². The average molecular weight is 237 g/mol. The molecule has 1 rings (SSSR count). The van der Waals surface area contributed by atoms with Crippen molar-refractivity contribution in [2.45, 2.75) is 26.7 Å². The van der Waals surface area contributed by atoms with E-state index in [0.717, 1.165) is 13.0 Å². The van der Waals surface area contributed by atoms with E-state index in [4.69, 9.17) is 11.0 Å². The first kappa shape index (κ1) is 12.5. The minimum Gasteiger partial charge on any atom is -0.396 e. The Morgan fingerprint density at radius 3 is 2.75 bits per heavy atom. The van der Waals surface area contributed by atoms with Gasteiger partial charge in [-0.2, -0.15) is 5.26 Å². The van der Waals surface area contributed by atoms with Gasteiger partial charge < -0.3 is 11.1 Å². The van der Waals surface area contributed by atoms with Crippen molar-refractivity contribution in [1.29, 1.82) is 5.26 Å². The second-order valence-corrected chi connectivity index (χ2v) is 4.38. The SMILES string of the molecule is CCCNc1sc(C(=O)CC)c(N)c1C#N. The maximum absolute atomic E-state index is 11.6. The lowest BCUT2D eigenvalue weighted by Gasteiger charge is -2.00. The molecule has 3 N–H and O–H groups in total. The second-order valence-electron chi connectivity index (χ2n) is 3.36. The molecule has 0 aliphatic heterocycles. The zero-order valence-corrected chi connectivity index (χ0v) is 10.3. The predicted molar refractivity (Wildman–Crippen MR) is 66.8 cm³/mol. The molecule has 0 aromatic carbocycles. The molecule has 0 saturated heterocycles. The van der Waals surface area contributed by atoms with Gasteiger partial charge in [0.25, 0.3) is 0 Å². The number of nitrogens with zero attached hydrogens (tertiary/aromatic N) is 1. The minimum absolute atomic E-state index is 0.0106. The highest BCUT2D eigenvalue weighted by Gasteiger charge is 2.19. The van der Waals surface area contributed by atoms with Gasteiger partial charge in [-0.15, -0.1) is 11.3 Å². The molecule has 4 nitrogen and oxygen atoms in total. The molecule has 1 heterocycles. The van der Waals surface area contributed by atoms with Gasteiger partial charge in [-0.3, -0.25) is 4.79 Å². The number of nitrogens with two attached hydrogens (primary N) is 1. The predicted octanol–water partition coefficient (Wildman–Crippen LogP) is 2.62. The Kier molecular flexibility index (Phi) is 4.32. The van der Waals surface area contributed by atoms with Gasteiger partial charge in [-0.1, -0.05) is 13.8 Å². The first-order chi connectivity index (χ1) is 7.65. The summed E-state index contributed by atoms with van der Waals surface area (Å²) in [5.74, 6) is -0.0106. The van der Waals surface area contributed by atoms with Crippen LogP contribution < -0.4 is 11.1 Å². The van der Waals surface area contributed by atoms with Crippen LogP contribution in [0.25, 0.3) is 0 Å². The fourth-order valence-electron chi connectivity index (χ4n) is 1.29. The van der Waals surface area contributed by atoms with Crippen molar-refractivity contribution in [3.63, 3.8) is 0 Å². The number of nitriles is 1. The summed E-state index contributed by atoms with van der Waals surface area (Å²) in [6.07, 6.45) is 1.36. The lowest BCUT2D eigenvalue weighted by atomic mass is 10.2. The van der Waals surface area contributed by atoms with Crippen LogP contribution in [-0.4, -0.2) is 12.3 Å². The zero-order valence-electron chi connectivity index (χ0n) is 9.46. The number of anilines is 2. The number of ketones is 1. The van der Waals surface area contributed by atoms with E-state index in [0.29, 0.717) is 27.5 Å². The van der Waals surface area contributed by atoms with Gasteiger partial charge in [0.2, 0.25) is 0 Å². The van der Waals surface area contributed by atoms with Crippen molar-refractivity contribution in [1.82, 2.24) is 0 Å². The van der Waals surface area contributed by atoms with E-state index in [1.54, 1.807) is 6.92 Å². The summed E-state index contributed by atoms with van der Waals surface area (Å²) in [6, 6.07) is 2.04. The number of nitrogens with one attached hydrogen (secondary N) is 1. The lowest BCUT2D eigenvalue weighted by molar-refractivity contribution is 0.0993. The molecule has 0 spiro atoms. The summed E-state index contributed by atoms with van der Waals surface area (Å²) in [6.45, 7) is 4.59. The number of hydrogen-bond donors (Lipinski definition) is 2. The lowest BCUT2D eigenvalue weighted by Crippen LogP contribution is -2.00. The van der Waals surface area contributed by atoms with Crippen molar-refractivity contribution >= 4 is 27.8 Å². The van der Waals surface area contributed by atoms with Crippen LogP contribution in [0.3, 0.4) is 0 Å². The van der Waals surface area contributed by atoms with Crippen LogP contribution in [0, 0.1) is 11.3 Å². The molecule has 1 aromatic heterocycles. The summed E-state index contributed by atoms with van der Waals surface area (Å²) in [5, 5.41) is 12.8. The highest BCUT2D eigenvalue weighted by molar-refractivity contribution is 7.19. The molecule has 0 aliphatic rings. The zero-order chi connectivity index (χ0) is 12.1. The van der Waals surface area contributed by atoms with Crippen LogP contribution in [0.15, 0.2) is 0 Å². The van der Waals surface area contributed by atoms with E-state index >= 15 is 0 Å². The summed E-state index contributed by atoms with van der Waals surface area (Å²) in [5.41, 5.74) is 6.51. The molecule has 0 aliphatic carbocycles. The van der Waals surface area contributed by atoms with Crippen LogP contribution in [0.5, 0.6) is 0 Å². The Balaban J connectivity index is 3.11. The Morgan fingerprint density at radius 1 is 1.56 bits per heavy atom. The van der Waals surface area contributed by atoms with Crippen molar-refractivity contribution in [2.75, 3.05) is 17.6 Å². The van der Waals surface area contributed by atoms with E-state index in [1.165, 1.54) is 11.3 Å². The number of nitrogen functional groups attached to an aromatic ring is 1. The Hall–Kier alpha value is -1.54. The molecule has 0 unspecified atom stereocenters. The topological polar surface area (TPSA) is 78.9 Å². The summed E-state index contributed by atoms with van der Waals surface area (Å²) < 4.78 is 0. The smallest absolute Gasteiger partial charge is 0.174 e. The standard InChI is InChI=1S/C11H15N3OS/c1-3-5-14-11-7(6-12)9(13)10(16-11)8(15)4-2/h14H,3-5,13H2,1-2H3. The molecular formula is C11H15N3OS. The first-order valence-corrected chi connectivity index (χ1v) is 6.06. The van der Waals surface area contributed by atoms with Gasteiger partial charge in [0.1, 0.15) is 16.6 Å². The van der Waals surface area contributed by atoms with E-state index in [2.05, 4.69) is 5.32 Å². The fraction of sp³-hybridized carbons (Fsp3) is 0.455. The summed E-state index contributed by atoms with van der Waals surface area (Å²) in [7, 11) is 0. The Bertz CT molecular complexity index is 431. The first-order valence-electron chi connectivity index (χ1n) is 5.25. The molecule has 0 atom stereocenters. The molecule has 0 amide bonds. The third kappa shape index (κ3) is 2.34. The van der Waals surface area contributed by atoms with E-state index in [-0.39, 0.29) is 5.78 Å². The number of thiophene rings is 1. The quantitative estimate of drug-likeness (QED) is 0.771.